The Hall–Kier alpha value is -2.39. The standard InChI is InChI=1S/C18H26N2O6S/c1-5-11-20(12-6-2)27(23,24)15-9-7-14(8-10-15)19-16(18(22)26-4)13-17(21)25-3/h7-10,13,19H,5-6,11-12H2,1-4H3/b16-13+. The number of rotatable bonds is 10. The zero-order chi connectivity index (χ0) is 20.4. The molecule has 1 aromatic rings. The van der Waals surface area contributed by atoms with Gasteiger partial charge in [-0.05, 0) is 37.1 Å². The van der Waals surface area contributed by atoms with Crippen molar-refractivity contribution in [3.63, 3.8) is 0 Å². The third kappa shape index (κ3) is 6.37. The molecule has 0 fully saturated rings. The Labute approximate surface area is 160 Å². The molecule has 0 spiro atoms. The molecule has 0 amide bonds. The van der Waals surface area contributed by atoms with E-state index in [0.29, 0.717) is 18.8 Å². The van der Waals surface area contributed by atoms with Gasteiger partial charge >= 0.3 is 11.9 Å². The number of ether oxygens (including phenoxy) is 2. The molecule has 0 bridgehead atoms. The summed E-state index contributed by atoms with van der Waals surface area (Å²) >= 11 is 0. The Kier molecular flexibility index (Phi) is 8.96. The number of nitrogens with zero attached hydrogens (tertiary/aromatic N) is 1. The molecule has 0 atom stereocenters. The molecule has 9 heteroatoms. The molecule has 0 saturated heterocycles. The number of carbonyl (C=O) groups excluding carboxylic acids is 2. The molecule has 0 aliphatic rings. The highest BCUT2D eigenvalue weighted by molar-refractivity contribution is 7.89. The molecule has 0 heterocycles. The van der Waals surface area contributed by atoms with Crippen molar-refractivity contribution in [1.29, 1.82) is 0 Å². The van der Waals surface area contributed by atoms with Gasteiger partial charge in [0.25, 0.3) is 0 Å². The molecule has 1 rings (SSSR count). The van der Waals surface area contributed by atoms with Crippen LogP contribution in [0.25, 0.3) is 0 Å². The van der Waals surface area contributed by atoms with Crippen molar-refractivity contribution in [3.05, 3.63) is 36.0 Å². The summed E-state index contributed by atoms with van der Waals surface area (Å²) in [5, 5.41) is 2.73. The van der Waals surface area contributed by atoms with Crippen molar-refractivity contribution in [2.75, 3.05) is 32.6 Å². The predicted octanol–water partition coefficient (Wildman–Crippen LogP) is 2.14. The molecule has 27 heavy (non-hydrogen) atoms. The van der Waals surface area contributed by atoms with Gasteiger partial charge in [0.15, 0.2) is 0 Å². The van der Waals surface area contributed by atoms with E-state index in [1.807, 2.05) is 13.8 Å². The highest BCUT2D eigenvalue weighted by Gasteiger charge is 2.23. The number of anilines is 1. The van der Waals surface area contributed by atoms with Crippen molar-refractivity contribution in [2.45, 2.75) is 31.6 Å². The molecule has 0 aromatic heterocycles. The maximum absolute atomic E-state index is 12.7. The number of nitrogens with one attached hydrogen (secondary N) is 1. The molecule has 1 aromatic carbocycles. The first-order valence-electron chi connectivity index (χ1n) is 8.55. The van der Waals surface area contributed by atoms with Crippen molar-refractivity contribution in [1.82, 2.24) is 4.31 Å². The average molecular weight is 398 g/mol. The summed E-state index contributed by atoms with van der Waals surface area (Å²) in [6, 6.07) is 5.92. The largest absolute Gasteiger partial charge is 0.466 e. The number of sulfonamides is 1. The van der Waals surface area contributed by atoms with Gasteiger partial charge in [-0.3, -0.25) is 0 Å². The van der Waals surface area contributed by atoms with Gasteiger partial charge in [-0.2, -0.15) is 4.31 Å². The van der Waals surface area contributed by atoms with Crippen LogP contribution in [0.15, 0.2) is 40.9 Å². The number of hydrogen-bond acceptors (Lipinski definition) is 7. The minimum absolute atomic E-state index is 0.126. The van der Waals surface area contributed by atoms with Crippen LogP contribution in [0.4, 0.5) is 5.69 Å². The van der Waals surface area contributed by atoms with E-state index in [-0.39, 0.29) is 10.6 Å². The summed E-state index contributed by atoms with van der Waals surface area (Å²) in [7, 11) is -1.22. The summed E-state index contributed by atoms with van der Waals surface area (Å²) < 4.78 is 36.1. The zero-order valence-electron chi connectivity index (χ0n) is 16.0. The normalized spacial score (nSPS) is 12.0. The lowest BCUT2D eigenvalue weighted by Crippen LogP contribution is -2.32. The van der Waals surface area contributed by atoms with E-state index in [4.69, 9.17) is 0 Å². The average Bonchev–Trinajstić information content (AvgIpc) is 2.66. The van der Waals surface area contributed by atoms with Gasteiger partial charge in [-0.15, -0.1) is 0 Å². The van der Waals surface area contributed by atoms with Crippen LogP contribution in [0.2, 0.25) is 0 Å². The number of carbonyl (C=O) groups is 2. The quantitative estimate of drug-likeness (QED) is 0.476. The molecule has 1 N–H and O–H groups in total. The summed E-state index contributed by atoms with van der Waals surface area (Å²) in [6.07, 6.45) is 2.40. The minimum atomic E-state index is -3.59. The molecule has 150 valence electrons. The van der Waals surface area contributed by atoms with Crippen LogP contribution in [0.1, 0.15) is 26.7 Å². The highest BCUT2D eigenvalue weighted by atomic mass is 32.2. The highest BCUT2D eigenvalue weighted by Crippen LogP contribution is 2.20. The number of hydrogen-bond donors (Lipinski definition) is 1. The summed E-state index contributed by atoms with van der Waals surface area (Å²) in [6.45, 7) is 4.75. The first-order valence-corrected chi connectivity index (χ1v) is 9.99. The van der Waals surface area contributed by atoms with E-state index in [2.05, 4.69) is 14.8 Å². The molecule has 0 unspecified atom stereocenters. The molecule has 0 saturated carbocycles. The summed E-state index contributed by atoms with van der Waals surface area (Å²) in [5.74, 6) is -1.48. The third-order valence-corrected chi connectivity index (χ3v) is 5.50. The van der Waals surface area contributed by atoms with E-state index in [1.165, 1.54) is 42.8 Å². The van der Waals surface area contributed by atoms with Crippen molar-refractivity contribution in [2.24, 2.45) is 0 Å². The fourth-order valence-electron chi connectivity index (χ4n) is 2.30. The van der Waals surface area contributed by atoms with Crippen LogP contribution in [0, 0.1) is 0 Å². The van der Waals surface area contributed by atoms with Crippen LogP contribution < -0.4 is 5.32 Å². The van der Waals surface area contributed by atoms with Gasteiger partial charge in [0.1, 0.15) is 5.70 Å². The van der Waals surface area contributed by atoms with Gasteiger partial charge in [0.2, 0.25) is 10.0 Å². The molecule has 8 nitrogen and oxygen atoms in total. The van der Waals surface area contributed by atoms with Gasteiger partial charge < -0.3 is 14.8 Å². The maximum Gasteiger partial charge on any atom is 0.354 e. The van der Waals surface area contributed by atoms with Gasteiger partial charge in [-0.25, -0.2) is 18.0 Å². The summed E-state index contributed by atoms with van der Waals surface area (Å²) in [4.78, 5) is 23.3. The molecular formula is C18H26N2O6S. The smallest absolute Gasteiger partial charge is 0.354 e. The summed E-state index contributed by atoms with van der Waals surface area (Å²) in [5.41, 5.74) is 0.297. The van der Waals surface area contributed by atoms with Crippen molar-refractivity contribution >= 4 is 27.6 Å². The number of methoxy groups -OCH3 is 2. The van der Waals surface area contributed by atoms with E-state index in [0.717, 1.165) is 18.9 Å². The van der Waals surface area contributed by atoms with Crippen LogP contribution >= 0.6 is 0 Å². The maximum atomic E-state index is 12.7. The predicted molar refractivity (Wildman–Crippen MR) is 102 cm³/mol. The van der Waals surface area contributed by atoms with Crippen LogP contribution in [-0.4, -0.2) is 52.0 Å². The molecule has 0 radical (unpaired) electrons. The lowest BCUT2D eigenvalue weighted by Gasteiger charge is -2.21. The monoisotopic (exact) mass is 398 g/mol. The number of benzene rings is 1. The van der Waals surface area contributed by atoms with Gasteiger partial charge in [-0.1, -0.05) is 13.8 Å². The van der Waals surface area contributed by atoms with Crippen LogP contribution in [0.5, 0.6) is 0 Å². The van der Waals surface area contributed by atoms with Gasteiger partial charge in [0.05, 0.1) is 25.2 Å². The van der Waals surface area contributed by atoms with Crippen LogP contribution in [-0.2, 0) is 29.1 Å². The second-order valence-corrected chi connectivity index (χ2v) is 7.56. The third-order valence-electron chi connectivity index (χ3n) is 3.59. The second kappa shape index (κ2) is 10.7. The fraction of sp³-hybridized carbons (Fsp3) is 0.444. The topological polar surface area (TPSA) is 102 Å². The molecular weight excluding hydrogens is 372 g/mol. The fourth-order valence-corrected chi connectivity index (χ4v) is 3.92. The minimum Gasteiger partial charge on any atom is -0.466 e. The first kappa shape index (κ1) is 22.7. The first-order chi connectivity index (χ1) is 12.8. The Morgan fingerprint density at radius 1 is 1.04 bits per heavy atom. The SMILES string of the molecule is CCCN(CCC)S(=O)(=O)c1ccc(N/C(=C/C(=O)OC)C(=O)OC)cc1. The van der Waals surface area contributed by atoms with E-state index in [1.54, 1.807) is 0 Å². The molecule has 0 aliphatic carbocycles. The Morgan fingerprint density at radius 2 is 1.59 bits per heavy atom. The Morgan fingerprint density at radius 3 is 2.04 bits per heavy atom. The molecule has 0 aliphatic heterocycles. The Balaban J connectivity index is 3.08. The van der Waals surface area contributed by atoms with Crippen molar-refractivity contribution in [3.8, 4) is 0 Å². The van der Waals surface area contributed by atoms with Crippen LogP contribution in [0.3, 0.4) is 0 Å². The number of esters is 2. The van der Waals surface area contributed by atoms with E-state index < -0.39 is 22.0 Å². The second-order valence-electron chi connectivity index (χ2n) is 5.63. The Bertz CT molecular complexity index is 766. The lowest BCUT2D eigenvalue weighted by atomic mass is 10.3. The van der Waals surface area contributed by atoms with Crippen molar-refractivity contribution < 1.29 is 27.5 Å². The van der Waals surface area contributed by atoms with E-state index in [9.17, 15) is 18.0 Å². The van der Waals surface area contributed by atoms with E-state index >= 15 is 0 Å². The zero-order valence-corrected chi connectivity index (χ0v) is 16.8. The lowest BCUT2D eigenvalue weighted by molar-refractivity contribution is -0.138. The van der Waals surface area contributed by atoms with Gasteiger partial charge in [0, 0.05) is 18.8 Å².